The van der Waals surface area contributed by atoms with Crippen molar-refractivity contribution in [3.63, 3.8) is 0 Å². The maximum absolute atomic E-state index is 4.99. The summed E-state index contributed by atoms with van der Waals surface area (Å²) in [6.45, 7) is 6.42. The Bertz CT molecular complexity index is 40.5. The van der Waals surface area contributed by atoms with Crippen molar-refractivity contribution in [3.8, 4) is 0 Å². The van der Waals surface area contributed by atoms with Gasteiger partial charge in [-0.3, -0.25) is 0 Å². The molecule has 0 spiro atoms. The zero-order valence-electron chi connectivity index (χ0n) is 4.49. The van der Waals surface area contributed by atoms with Crippen molar-refractivity contribution in [2.45, 2.75) is 19.6 Å². The fraction of sp³-hybridized carbons (Fsp3) is 1.00. The van der Waals surface area contributed by atoms with E-state index >= 15 is 0 Å². The van der Waals surface area contributed by atoms with Crippen LogP contribution in [0.2, 0.25) is 19.6 Å². The molecule has 0 atom stereocenters. The molecule has 0 aromatic heterocycles. The molecular weight excluding hydrogens is 107 g/mol. The molecule has 32 valence electrons. The summed E-state index contributed by atoms with van der Waals surface area (Å²) in [6, 6.07) is 0. The van der Waals surface area contributed by atoms with Gasteiger partial charge in [0, 0.05) is 0 Å². The van der Waals surface area contributed by atoms with Crippen molar-refractivity contribution >= 4 is 24.9 Å². The molecule has 0 fully saturated rings. The van der Waals surface area contributed by atoms with E-state index < -0.39 is 8.32 Å². The summed E-state index contributed by atoms with van der Waals surface area (Å²) >= 11 is 2.29. The first-order valence-corrected chi connectivity index (χ1v) is 5.82. The minimum atomic E-state index is -1.17. The third-order valence-electron chi connectivity index (χ3n) is 0.354. The quantitative estimate of drug-likeness (QED) is 0.463. The van der Waals surface area contributed by atoms with E-state index in [1.165, 1.54) is 0 Å². The average molecular weight is 116 g/mol. The molecule has 0 unspecified atom stereocenters. The topological polar surface area (TPSA) is 9.23 Å². The normalized spacial score (nSPS) is 12.2. The molecule has 0 aliphatic carbocycles. The summed E-state index contributed by atoms with van der Waals surface area (Å²) in [5, 5.41) is 0. The van der Waals surface area contributed by atoms with E-state index in [1.807, 2.05) is 0 Å². The van der Waals surface area contributed by atoms with E-state index in [0.29, 0.717) is 0 Å². The van der Waals surface area contributed by atoms with Gasteiger partial charge in [0.05, 0.1) is 0 Å². The van der Waals surface area contributed by atoms with Crippen LogP contribution in [0.1, 0.15) is 0 Å². The van der Waals surface area contributed by atoms with Crippen LogP contribution in [0.15, 0.2) is 0 Å². The third kappa shape index (κ3) is 4.71. The van der Waals surface area contributed by atoms with Crippen molar-refractivity contribution in [3.05, 3.63) is 0 Å². The summed E-state index contributed by atoms with van der Waals surface area (Å²) in [4.78, 5) is 0. The second-order valence-electron chi connectivity index (χ2n) is 2.23. The number of hydrogen-bond donors (Lipinski definition) is 0. The van der Waals surface area contributed by atoms with Gasteiger partial charge in [0.2, 0.25) is 0 Å². The summed E-state index contributed by atoms with van der Waals surface area (Å²) in [7, 11) is -1.17. The molecular formula is C3H9AlOSi+2. The molecule has 0 rings (SSSR count). The van der Waals surface area contributed by atoms with Gasteiger partial charge < -0.3 is 0 Å². The second-order valence-corrected chi connectivity index (χ2v) is 7.40. The van der Waals surface area contributed by atoms with E-state index in [1.54, 1.807) is 0 Å². The third-order valence-corrected chi connectivity index (χ3v) is 3.18. The van der Waals surface area contributed by atoms with Crippen LogP contribution in [0, 0.1) is 0 Å². The van der Waals surface area contributed by atoms with Gasteiger partial charge in [-0.25, -0.2) is 0 Å². The van der Waals surface area contributed by atoms with Crippen molar-refractivity contribution in [1.29, 1.82) is 0 Å². The van der Waals surface area contributed by atoms with E-state index in [0.717, 1.165) is 0 Å². The SMILES string of the molecule is C[Si](C)(C)[O][Al+2]. The fourth-order valence-corrected chi connectivity index (χ4v) is 0. The molecule has 6 heavy (non-hydrogen) atoms. The van der Waals surface area contributed by atoms with Crippen LogP contribution >= 0.6 is 0 Å². The Kier molecular flexibility index (Phi) is 2.38. The Morgan fingerprint density at radius 3 is 1.50 bits per heavy atom. The first-order chi connectivity index (χ1) is 2.56. The Morgan fingerprint density at radius 1 is 1.33 bits per heavy atom. The number of hydrogen-bond acceptors (Lipinski definition) is 1. The molecule has 1 nitrogen and oxygen atoms in total. The predicted octanol–water partition coefficient (Wildman–Crippen LogP) is 0.921. The Balaban J connectivity index is 3.17. The zero-order chi connectivity index (χ0) is 5.21. The molecule has 0 saturated heterocycles. The Hall–Kier alpha value is 0.709. The monoisotopic (exact) mass is 116 g/mol. The summed E-state index contributed by atoms with van der Waals surface area (Å²) < 4.78 is 4.99. The van der Waals surface area contributed by atoms with Gasteiger partial charge in [-0.1, -0.05) is 0 Å². The molecule has 0 aromatic rings. The van der Waals surface area contributed by atoms with Crippen LogP contribution in [-0.2, 0) is 3.48 Å². The van der Waals surface area contributed by atoms with Crippen LogP contribution < -0.4 is 0 Å². The van der Waals surface area contributed by atoms with E-state index in [2.05, 4.69) is 36.3 Å². The molecule has 0 amide bonds. The van der Waals surface area contributed by atoms with Gasteiger partial charge >= 0.3 is 48.1 Å². The predicted molar refractivity (Wildman–Crippen MR) is 30.2 cm³/mol. The van der Waals surface area contributed by atoms with Crippen LogP contribution in [0.5, 0.6) is 0 Å². The first-order valence-electron chi connectivity index (χ1n) is 1.94. The average Bonchev–Trinajstić information content (AvgIpc) is 1.35. The van der Waals surface area contributed by atoms with Crippen LogP contribution in [-0.4, -0.2) is 24.9 Å². The van der Waals surface area contributed by atoms with Crippen LogP contribution in [0.3, 0.4) is 0 Å². The zero-order valence-corrected chi connectivity index (χ0v) is 6.64. The summed E-state index contributed by atoms with van der Waals surface area (Å²) in [5.41, 5.74) is 0. The van der Waals surface area contributed by atoms with Crippen LogP contribution in [0.4, 0.5) is 0 Å². The van der Waals surface area contributed by atoms with Crippen molar-refractivity contribution in [1.82, 2.24) is 0 Å². The van der Waals surface area contributed by atoms with Gasteiger partial charge in [-0.05, 0) is 0 Å². The van der Waals surface area contributed by atoms with E-state index in [4.69, 9.17) is 3.48 Å². The Morgan fingerprint density at radius 2 is 1.50 bits per heavy atom. The minimum absolute atomic E-state index is 1.17. The van der Waals surface area contributed by atoms with E-state index in [-0.39, 0.29) is 0 Å². The van der Waals surface area contributed by atoms with Crippen LogP contribution in [0.25, 0.3) is 0 Å². The summed E-state index contributed by atoms with van der Waals surface area (Å²) in [5.74, 6) is 0. The molecule has 0 aliphatic heterocycles. The van der Waals surface area contributed by atoms with E-state index in [9.17, 15) is 0 Å². The van der Waals surface area contributed by atoms with Gasteiger partial charge in [0.1, 0.15) is 0 Å². The summed E-state index contributed by atoms with van der Waals surface area (Å²) in [6.07, 6.45) is 0. The molecule has 3 heteroatoms. The van der Waals surface area contributed by atoms with Crippen molar-refractivity contribution < 1.29 is 3.48 Å². The Labute approximate surface area is 48.6 Å². The second kappa shape index (κ2) is 2.13. The van der Waals surface area contributed by atoms with Gasteiger partial charge in [0.15, 0.2) is 0 Å². The van der Waals surface area contributed by atoms with Gasteiger partial charge in [-0.2, -0.15) is 0 Å². The molecule has 0 radical (unpaired) electrons. The molecule has 0 N–H and O–H groups in total. The molecule has 0 bridgehead atoms. The maximum atomic E-state index is 4.99. The first kappa shape index (κ1) is 6.71. The molecule has 0 aliphatic rings. The number of rotatable bonds is 1. The fourth-order valence-electron chi connectivity index (χ4n) is 0. The molecule has 0 heterocycles. The molecule has 0 aromatic carbocycles. The standard InChI is InChI=1S/C3H9OSi.Al/c1-5(2,3)4;/h1-3H3;/q-1;+3. The molecule has 0 saturated carbocycles. The van der Waals surface area contributed by atoms with Crippen molar-refractivity contribution in [2.24, 2.45) is 0 Å². The van der Waals surface area contributed by atoms with Crippen molar-refractivity contribution in [2.75, 3.05) is 0 Å². The van der Waals surface area contributed by atoms with Gasteiger partial charge in [-0.15, -0.1) is 0 Å². The van der Waals surface area contributed by atoms with Gasteiger partial charge in [0.25, 0.3) is 0 Å².